The third-order valence-corrected chi connectivity index (χ3v) is 1.32. The SMILES string of the molecule is Oc1cc[c]([Pd])cc1. The van der Waals surface area contributed by atoms with Crippen LogP contribution in [0.25, 0.3) is 0 Å². The van der Waals surface area contributed by atoms with Crippen molar-refractivity contribution in [1.82, 2.24) is 0 Å². The van der Waals surface area contributed by atoms with Gasteiger partial charge in [0.2, 0.25) is 0 Å². The van der Waals surface area contributed by atoms with E-state index in [1.54, 1.807) is 24.3 Å². The van der Waals surface area contributed by atoms with Gasteiger partial charge in [-0.25, -0.2) is 0 Å². The molecule has 0 aliphatic carbocycles. The quantitative estimate of drug-likeness (QED) is 0.606. The first-order valence-corrected chi connectivity index (χ1v) is 2.98. The number of benzene rings is 1. The maximum atomic E-state index is 8.74. The Morgan fingerprint density at radius 3 is 2.00 bits per heavy atom. The second-order valence-electron chi connectivity index (χ2n) is 1.44. The number of phenolic OH excluding ortho intramolecular Hbond substituents is 1. The number of phenols is 1. The minimum absolute atomic E-state index is 0.305. The molecule has 0 saturated carbocycles. The Morgan fingerprint density at radius 2 is 1.62 bits per heavy atom. The molecule has 0 atom stereocenters. The van der Waals surface area contributed by atoms with Gasteiger partial charge >= 0.3 is 58.4 Å². The molecular formula is C6H5OPd. The van der Waals surface area contributed by atoms with Crippen LogP contribution in [0.2, 0.25) is 0 Å². The summed E-state index contributed by atoms with van der Waals surface area (Å²) in [6, 6.07) is 6.88. The van der Waals surface area contributed by atoms with Gasteiger partial charge in [0.15, 0.2) is 0 Å². The number of aromatic hydroxyl groups is 1. The Morgan fingerprint density at radius 1 is 1.12 bits per heavy atom. The normalized spacial score (nSPS) is 9.25. The van der Waals surface area contributed by atoms with Crippen LogP contribution in [0.1, 0.15) is 0 Å². The van der Waals surface area contributed by atoms with Crippen molar-refractivity contribution in [2.24, 2.45) is 0 Å². The van der Waals surface area contributed by atoms with Crippen molar-refractivity contribution >= 4 is 4.04 Å². The molecule has 0 aliphatic rings. The molecule has 0 amide bonds. The summed E-state index contributed by atoms with van der Waals surface area (Å²) in [5.74, 6) is 0.305. The fourth-order valence-electron chi connectivity index (χ4n) is 0.431. The van der Waals surface area contributed by atoms with E-state index in [1.165, 1.54) is 0 Å². The molecule has 0 heterocycles. The fraction of sp³-hybridized carbons (Fsp3) is 0. The van der Waals surface area contributed by atoms with Crippen molar-refractivity contribution in [1.29, 1.82) is 0 Å². The Bertz CT molecular complexity index is 147. The monoisotopic (exact) mass is 199 g/mol. The summed E-state index contributed by atoms with van der Waals surface area (Å²) < 4.78 is 1.02. The topological polar surface area (TPSA) is 20.2 Å². The van der Waals surface area contributed by atoms with E-state index in [0.29, 0.717) is 5.75 Å². The predicted molar refractivity (Wildman–Crippen MR) is 27.7 cm³/mol. The van der Waals surface area contributed by atoms with E-state index >= 15 is 0 Å². The molecule has 1 nitrogen and oxygen atoms in total. The van der Waals surface area contributed by atoms with Crippen LogP contribution < -0.4 is 4.04 Å². The second kappa shape index (κ2) is 2.30. The molecular weight excluding hydrogens is 194 g/mol. The van der Waals surface area contributed by atoms with Crippen molar-refractivity contribution in [2.45, 2.75) is 0 Å². The summed E-state index contributed by atoms with van der Waals surface area (Å²) in [6.07, 6.45) is 0. The van der Waals surface area contributed by atoms with Crippen LogP contribution >= 0.6 is 0 Å². The first-order chi connectivity index (χ1) is 3.79. The molecule has 0 spiro atoms. The molecule has 1 rings (SSSR count). The van der Waals surface area contributed by atoms with Gasteiger partial charge in [-0.1, -0.05) is 0 Å². The zero-order chi connectivity index (χ0) is 5.98. The molecule has 2 heteroatoms. The van der Waals surface area contributed by atoms with E-state index < -0.39 is 0 Å². The zero-order valence-electron chi connectivity index (χ0n) is 4.07. The first-order valence-electron chi connectivity index (χ1n) is 2.20. The standard InChI is InChI=1S/C6H5O.Pd/c7-6-4-2-1-3-5-6;/h2-5,7H;. The molecule has 0 aromatic heterocycles. The van der Waals surface area contributed by atoms with E-state index in [-0.39, 0.29) is 0 Å². The summed E-state index contributed by atoms with van der Waals surface area (Å²) in [4.78, 5) is 0. The van der Waals surface area contributed by atoms with E-state index in [0.717, 1.165) is 4.04 Å². The summed E-state index contributed by atoms with van der Waals surface area (Å²) in [6.45, 7) is 0. The molecule has 0 bridgehead atoms. The van der Waals surface area contributed by atoms with E-state index in [4.69, 9.17) is 5.11 Å². The van der Waals surface area contributed by atoms with Crippen LogP contribution in [0.3, 0.4) is 0 Å². The van der Waals surface area contributed by atoms with Crippen LogP contribution in [0, 0.1) is 0 Å². The van der Waals surface area contributed by atoms with Gasteiger partial charge in [0.05, 0.1) is 0 Å². The van der Waals surface area contributed by atoms with Crippen LogP contribution in [0.5, 0.6) is 5.75 Å². The third-order valence-electron chi connectivity index (χ3n) is 0.806. The van der Waals surface area contributed by atoms with E-state index in [2.05, 4.69) is 19.2 Å². The van der Waals surface area contributed by atoms with Crippen LogP contribution in [-0.2, 0) is 19.2 Å². The molecule has 1 aromatic carbocycles. The van der Waals surface area contributed by atoms with E-state index in [1.807, 2.05) is 0 Å². The molecule has 1 N–H and O–H groups in total. The first kappa shape index (κ1) is 5.81. The van der Waals surface area contributed by atoms with Crippen LogP contribution in [0.15, 0.2) is 24.3 Å². The molecule has 0 unspecified atom stereocenters. The zero-order valence-corrected chi connectivity index (χ0v) is 5.63. The van der Waals surface area contributed by atoms with Gasteiger partial charge in [-0.15, -0.1) is 0 Å². The summed E-state index contributed by atoms with van der Waals surface area (Å²) in [5, 5.41) is 8.74. The predicted octanol–water partition coefficient (Wildman–Crippen LogP) is 0.564. The Kier molecular flexibility index (Phi) is 1.67. The van der Waals surface area contributed by atoms with Gasteiger partial charge in [-0.05, 0) is 0 Å². The van der Waals surface area contributed by atoms with Gasteiger partial charge in [-0.3, -0.25) is 0 Å². The van der Waals surface area contributed by atoms with Crippen molar-refractivity contribution < 1.29 is 24.3 Å². The average Bonchev–Trinajstić information content (AvgIpc) is 1.77. The summed E-state index contributed by atoms with van der Waals surface area (Å²) >= 11 is 2.98. The van der Waals surface area contributed by atoms with Gasteiger partial charge < -0.3 is 0 Å². The number of rotatable bonds is 0. The Balaban J connectivity index is 3.03. The second-order valence-corrected chi connectivity index (χ2v) is 2.34. The molecule has 0 aliphatic heterocycles. The minimum atomic E-state index is 0.305. The molecule has 1 aromatic rings. The van der Waals surface area contributed by atoms with Gasteiger partial charge in [-0.2, -0.15) is 0 Å². The molecule has 0 radical (unpaired) electrons. The van der Waals surface area contributed by atoms with Gasteiger partial charge in [0.25, 0.3) is 0 Å². The van der Waals surface area contributed by atoms with Crippen molar-refractivity contribution in [3.8, 4) is 5.75 Å². The van der Waals surface area contributed by atoms with Crippen LogP contribution in [-0.4, -0.2) is 5.11 Å². The summed E-state index contributed by atoms with van der Waals surface area (Å²) in [5.41, 5.74) is 0. The van der Waals surface area contributed by atoms with E-state index in [9.17, 15) is 0 Å². The van der Waals surface area contributed by atoms with Crippen molar-refractivity contribution in [3.05, 3.63) is 24.3 Å². The molecule has 8 heavy (non-hydrogen) atoms. The molecule has 45 valence electrons. The average molecular weight is 200 g/mol. The Hall–Kier alpha value is -0.318. The number of hydrogen-bond acceptors (Lipinski definition) is 1. The fourth-order valence-corrected chi connectivity index (χ4v) is 0.690. The maximum absolute atomic E-state index is 8.74. The van der Waals surface area contributed by atoms with Crippen LogP contribution in [0.4, 0.5) is 0 Å². The molecule has 0 fully saturated rings. The van der Waals surface area contributed by atoms with Crippen molar-refractivity contribution in [3.63, 3.8) is 0 Å². The molecule has 0 saturated heterocycles. The van der Waals surface area contributed by atoms with Gasteiger partial charge in [0.1, 0.15) is 0 Å². The Labute approximate surface area is 58.8 Å². The number of hydrogen-bond donors (Lipinski definition) is 1. The van der Waals surface area contributed by atoms with Gasteiger partial charge in [0, 0.05) is 0 Å². The third kappa shape index (κ3) is 1.33. The summed E-state index contributed by atoms with van der Waals surface area (Å²) in [7, 11) is 0. The van der Waals surface area contributed by atoms with Crippen molar-refractivity contribution in [2.75, 3.05) is 0 Å².